The van der Waals surface area contributed by atoms with Gasteiger partial charge in [-0.05, 0) is 64.0 Å². The average molecular weight is 328 g/mol. The van der Waals surface area contributed by atoms with Crippen molar-refractivity contribution in [3.63, 3.8) is 0 Å². The number of fused-ring (bicyclic) bond motifs is 4. The van der Waals surface area contributed by atoms with Crippen LogP contribution in [0.2, 0.25) is 0 Å². The maximum atomic E-state index is 2.95. The fourth-order valence-electron chi connectivity index (χ4n) is 7.87. The largest absolute Gasteiger partial charge is 0.299 e. The number of nitrogens with zero attached hydrogens (tertiary/aromatic N) is 3. The number of piperidine rings is 4. The highest BCUT2D eigenvalue weighted by molar-refractivity contribution is 5.31. The summed E-state index contributed by atoms with van der Waals surface area (Å²) in [5.41, 5.74) is 2.43. The minimum absolute atomic E-state index is 0.557. The van der Waals surface area contributed by atoms with Crippen molar-refractivity contribution in [1.29, 1.82) is 0 Å². The van der Waals surface area contributed by atoms with E-state index in [-0.39, 0.29) is 0 Å². The molecule has 5 atom stereocenters. The summed E-state index contributed by atoms with van der Waals surface area (Å²) < 4.78 is 0. The first-order valence-corrected chi connectivity index (χ1v) is 10.8. The van der Waals surface area contributed by atoms with Crippen LogP contribution in [0.3, 0.4) is 0 Å². The molecule has 0 aromatic rings. The summed E-state index contributed by atoms with van der Waals surface area (Å²) in [5, 5.41) is 0. The predicted octanol–water partition coefficient (Wildman–Crippen LogP) is 3.08. The van der Waals surface area contributed by atoms with Crippen LogP contribution in [-0.2, 0) is 0 Å². The third kappa shape index (κ3) is 1.90. The molecule has 2 bridgehead atoms. The molecule has 6 rings (SSSR count). The van der Waals surface area contributed by atoms with E-state index in [4.69, 9.17) is 0 Å². The van der Waals surface area contributed by atoms with Gasteiger partial charge in [0.05, 0.1) is 6.67 Å². The zero-order valence-corrected chi connectivity index (χ0v) is 15.1. The number of rotatable bonds is 0. The lowest BCUT2D eigenvalue weighted by Gasteiger charge is -2.68. The van der Waals surface area contributed by atoms with Gasteiger partial charge in [0.1, 0.15) is 0 Å². The summed E-state index contributed by atoms with van der Waals surface area (Å²) in [4.78, 5) is 8.77. The molecule has 5 saturated heterocycles. The monoisotopic (exact) mass is 327 g/mol. The van der Waals surface area contributed by atoms with E-state index in [0.717, 1.165) is 24.0 Å². The van der Waals surface area contributed by atoms with Crippen LogP contribution in [0, 0.1) is 11.3 Å². The third-order valence-electron chi connectivity index (χ3n) is 8.51. The molecule has 0 unspecified atom stereocenters. The molecular weight excluding hydrogens is 294 g/mol. The summed E-state index contributed by atoms with van der Waals surface area (Å²) in [7, 11) is 0. The maximum Gasteiger partial charge on any atom is 0.0514 e. The molecule has 24 heavy (non-hydrogen) atoms. The van der Waals surface area contributed by atoms with Gasteiger partial charge in [0.25, 0.3) is 0 Å². The Hall–Kier alpha value is -0.380. The summed E-state index contributed by atoms with van der Waals surface area (Å²) in [6.07, 6.45) is 15.9. The highest BCUT2D eigenvalue weighted by Crippen LogP contribution is 2.57. The lowest BCUT2D eigenvalue weighted by Crippen LogP contribution is -2.75. The van der Waals surface area contributed by atoms with Gasteiger partial charge >= 0.3 is 0 Å². The molecule has 5 fully saturated rings. The van der Waals surface area contributed by atoms with E-state index in [2.05, 4.69) is 20.8 Å². The summed E-state index contributed by atoms with van der Waals surface area (Å²) in [6, 6.07) is 2.55. The molecule has 5 heterocycles. The molecule has 0 N–H and O–H groups in total. The molecule has 0 saturated carbocycles. The fourth-order valence-corrected chi connectivity index (χ4v) is 7.87. The first kappa shape index (κ1) is 14.8. The van der Waals surface area contributed by atoms with Crippen molar-refractivity contribution in [2.75, 3.05) is 32.8 Å². The molecule has 6 aliphatic rings. The van der Waals surface area contributed by atoms with Crippen LogP contribution in [0.15, 0.2) is 11.6 Å². The van der Waals surface area contributed by atoms with Crippen LogP contribution in [0.1, 0.15) is 57.8 Å². The van der Waals surface area contributed by atoms with Crippen LogP contribution in [-0.4, -0.2) is 65.7 Å². The van der Waals surface area contributed by atoms with E-state index in [1.807, 2.05) is 5.57 Å². The lowest BCUT2D eigenvalue weighted by molar-refractivity contribution is -0.165. The van der Waals surface area contributed by atoms with E-state index in [1.54, 1.807) is 0 Å². The summed E-state index contributed by atoms with van der Waals surface area (Å²) in [6.45, 7) is 6.77. The molecule has 5 aliphatic heterocycles. The normalized spacial score (nSPS) is 48.9. The van der Waals surface area contributed by atoms with Crippen LogP contribution >= 0.6 is 0 Å². The van der Waals surface area contributed by atoms with Gasteiger partial charge in [-0.1, -0.05) is 24.5 Å². The maximum absolute atomic E-state index is 2.95. The Labute approximate surface area is 147 Å². The van der Waals surface area contributed by atoms with Gasteiger partial charge in [-0.2, -0.15) is 0 Å². The van der Waals surface area contributed by atoms with Gasteiger partial charge in [-0.3, -0.25) is 14.7 Å². The molecule has 0 aromatic carbocycles. The summed E-state index contributed by atoms with van der Waals surface area (Å²) in [5.74, 6) is 0.868. The molecule has 1 spiro atoms. The molecule has 3 nitrogen and oxygen atoms in total. The fraction of sp³-hybridized carbons (Fsp3) is 0.905. The van der Waals surface area contributed by atoms with E-state index in [9.17, 15) is 0 Å². The molecule has 3 heteroatoms. The molecular formula is C21H33N3. The third-order valence-corrected chi connectivity index (χ3v) is 8.51. The highest BCUT2D eigenvalue weighted by Gasteiger charge is 2.61. The standard InChI is InChI=1S/C21H33N3/c1-3-9-22-14-21-13-17(18(22)7-1)12-16-6-5-11-24(20(16)21)15-23-10-4-2-8-19(21)23/h12,17-20H,1-11,13-15H2/t17-,18-,19+,20+,21+/m0/s1. The van der Waals surface area contributed by atoms with E-state index >= 15 is 0 Å². The second kappa shape index (κ2) is 5.31. The Morgan fingerprint density at radius 3 is 2.67 bits per heavy atom. The molecule has 0 amide bonds. The molecule has 0 radical (unpaired) electrons. The van der Waals surface area contributed by atoms with Crippen LogP contribution in [0.4, 0.5) is 0 Å². The molecule has 132 valence electrons. The average Bonchev–Trinajstić information content (AvgIpc) is 2.62. The van der Waals surface area contributed by atoms with Crippen LogP contribution in [0.5, 0.6) is 0 Å². The molecule has 0 aromatic heterocycles. The van der Waals surface area contributed by atoms with E-state index < -0.39 is 0 Å². The Balaban J connectivity index is 1.47. The van der Waals surface area contributed by atoms with E-state index in [1.165, 1.54) is 90.6 Å². The van der Waals surface area contributed by atoms with Gasteiger partial charge in [0.15, 0.2) is 0 Å². The Kier molecular flexibility index (Phi) is 3.26. The Morgan fingerprint density at radius 2 is 1.71 bits per heavy atom. The minimum atomic E-state index is 0.557. The first-order chi connectivity index (χ1) is 11.9. The van der Waals surface area contributed by atoms with Gasteiger partial charge in [-0.25, -0.2) is 0 Å². The van der Waals surface area contributed by atoms with E-state index in [0.29, 0.717) is 5.41 Å². The van der Waals surface area contributed by atoms with Crippen LogP contribution in [0.25, 0.3) is 0 Å². The van der Waals surface area contributed by atoms with Crippen molar-refractivity contribution < 1.29 is 0 Å². The lowest BCUT2D eigenvalue weighted by atomic mass is 9.54. The minimum Gasteiger partial charge on any atom is -0.299 e. The Morgan fingerprint density at radius 1 is 0.875 bits per heavy atom. The van der Waals surface area contributed by atoms with Gasteiger partial charge in [-0.15, -0.1) is 0 Å². The second-order valence-corrected chi connectivity index (χ2v) is 9.66. The van der Waals surface area contributed by atoms with Gasteiger partial charge in [0, 0.05) is 36.6 Å². The second-order valence-electron chi connectivity index (χ2n) is 9.66. The van der Waals surface area contributed by atoms with Crippen molar-refractivity contribution in [2.24, 2.45) is 11.3 Å². The highest BCUT2D eigenvalue weighted by atomic mass is 15.4. The van der Waals surface area contributed by atoms with Crippen molar-refractivity contribution in [3.05, 3.63) is 11.6 Å². The van der Waals surface area contributed by atoms with Gasteiger partial charge < -0.3 is 0 Å². The zero-order valence-electron chi connectivity index (χ0n) is 15.1. The van der Waals surface area contributed by atoms with Gasteiger partial charge in [0.2, 0.25) is 0 Å². The topological polar surface area (TPSA) is 9.72 Å². The quantitative estimate of drug-likeness (QED) is 0.633. The molecule has 1 aliphatic carbocycles. The SMILES string of the molecule is C1=C2CCCN3CN4CCCC[C@@H]4[C@]4(C[C@H]1[C@@H]1CCCCN1C4)[C@@H]23. The van der Waals surface area contributed by atoms with Crippen molar-refractivity contribution in [3.8, 4) is 0 Å². The number of hydrogen-bond donors (Lipinski definition) is 0. The Bertz CT molecular complexity index is 557. The number of hydrogen-bond acceptors (Lipinski definition) is 3. The zero-order chi connectivity index (χ0) is 15.7. The van der Waals surface area contributed by atoms with Crippen LogP contribution < -0.4 is 0 Å². The predicted molar refractivity (Wildman–Crippen MR) is 96.8 cm³/mol. The van der Waals surface area contributed by atoms with Crippen molar-refractivity contribution in [1.82, 2.24) is 14.7 Å². The summed E-state index contributed by atoms with van der Waals surface area (Å²) >= 11 is 0. The smallest absolute Gasteiger partial charge is 0.0514 e. The van der Waals surface area contributed by atoms with Crippen molar-refractivity contribution in [2.45, 2.75) is 75.9 Å². The van der Waals surface area contributed by atoms with Crippen molar-refractivity contribution >= 4 is 0 Å². The first-order valence-electron chi connectivity index (χ1n) is 10.8.